The highest BCUT2D eigenvalue weighted by atomic mass is 32.2. The Labute approximate surface area is 119 Å². The Morgan fingerprint density at radius 3 is 2.65 bits per heavy atom. The second kappa shape index (κ2) is 5.80. The summed E-state index contributed by atoms with van der Waals surface area (Å²) in [6.07, 6.45) is 0.672. The SMILES string of the molecule is CCNS(=O)(=O)c1ccccc1NC1CCN(C)C1=O. The number of carbonyl (C=O) groups excluding carboxylic acids is 1. The Kier molecular flexibility index (Phi) is 4.29. The van der Waals surface area contributed by atoms with Crippen molar-refractivity contribution in [1.82, 2.24) is 9.62 Å². The van der Waals surface area contributed by atoms with Crippen LogP contribution in [0.2, 0.25) is 0 Å². The number of likely N-dealkylation sites (tertiary alicyclic amines) is 1. The number of hydrogen-bond acceptors (Lipinski definition) is 4. The second-order valence-electron chi connectivity index (χ2n) is 4.74. The zero-order valence-electron chi connectivity index (χ0n) is 11.6. The number of carbonyl (C=O) groups is 1. The molecular formula is C13H19N3O3S. The van der Waals surface area contributed by atoms with E-state index >= 15 is 0 Å². The average molecular weight is 297 g/mol. The maximum Gasteiger partial charge on any atom is 0.244 e. The molecule has 0 bridgehead atoms. The lowest BCUT2D eigenvalue weighted by atomic mass is 10.2. The molecule has 1 heterocycles. The molecule has 1 fully saturated rings. The summed E-state index contributed by atoms with van der Waals surface area (Å²) < 4.78 is 26.7. The Balaban J connectivity index is 2.27. The van der Waals surface area contributed by atoms with Crippen molar-refractivity contribution in [1.29, 1.82) is 0 Å². The van der Waals surface area contributed by atoms with Gasteiger partial charge in [-0.15, -0.1) is 0 Å². The second-order valence-corrected chi connectivity index (χ2v) is 6.48. The van der Waals surface area contributed by atoms with Crippen molar-refractivity contribution >= 4 is 21.6 Å². The summed E-state index contributed by atoms with van der Waals surface area (Å²) in [7, 11) is -1.81. The third kappa shape index (κ3) is 2.94. The highest BCUT2D eigenvalue weighted by Gasteiger charge is 2.30. The summed E-state index contributed by atoms with van der Waals surface area (Å²) in [4.78, 5) is 13.7. The van der Waals surface area contributed by atoms with Crippen LogP contribution in [0.3, 0.4) is 0 Å². The van der Waals surface area contributed by atoms with Gasteiger partial charge >= 0.3 is 0 Å². The first-order valence-electron chi connectivity index (χ1n) is 6.56. The molecule has 2 N–H and O–H groups in total. The molecule has 0 radical (unpaired) electrons. The molecule has 1 aromatic rings. The molecule has 1 unspecified atom stereocenters. The number of amides is 1. The van der Waals surface area contributed by atoms with E-state index in [1.165, 1.54) is 6.07 Å². The molecule has 0 saturated carbocycles. The maximum absolute atomic E-state index is 12.1. The molecule has 1 aromatic carbocycles. The molecule has 7 heteroatoms. The smallest absolute Gasteiger partial charge is 0.244 e. The summed E-state index contributed by atoms with van der Waals surface area (Å²) in [5.41, 5.74) is 0.460. The normalized spacial score (nSPS) is 19.4. The van der Waals surface area contributed by atoms with Crippen molar-refractivity contribution < 1.29 is 13.2 Å². The largest absolute Gasteiger partial charge is 0.373 e. The Morgan fingerprint density at radius 2 is 2.05 bits per heavy atom. The van der Waals surface area contributed by atoms with Gasteiger partial charge < -0.3 is 10.2 Å². The first-order valence-corrected chi connectivity index (χ1v) is 8.04. The Hall–Kier alpha value is -1.60. The van der Waals surface area contributed by atoms with E-state index in [-0.39, 0.29) is 16.8 Å². The minimum atomic E-state index is -3.55. The van der Waals surface area contributed by atoms with E-state index in [0.29, 0.717) is 25.2 Å². The van der Waals surface area contributed by atoms with Crippen LogP contribution in [-0.4, -0.2) is 45.4 Å². The number of likely N-dealkylation sites (N-methyl/N-ethyl adjacent to an activating group) is 1. The number of nitrogens with one attached hydrogen (secondary N) is 2. The molecule has 6 nitrogen and oxygen atoms in total. The maximum atomic E-state index is 12.1. The Morgan fingerprint density at radius 1 is 1.35 bits per heavy atom. The molecule has 1 aliphatic heterocycles. The monoisotopic (exact) mass is 297 g/mol. The summed E-state index contributed by atoms with van der Waals surface area (Å²) in [5, 5.41) is 3.04. The van der Waals surface area contributed by atoms with E-state index in [0.717, 1.165) is 0 Å². The molecule has 1 saturated heterocycles. The van der Waals surface area contributed by atoms with Crippen LogP contribution < -0.4 is 10.0 Å². The highest BCUT2D eigenvalue weighted by molar-refractivity contribution is 7.89. The molecule has 1 amide bonds. The molecule has 0 aromatic heterocycles. The van der Waals surface area contributed by atoms with E-state index < -0.39 is 10.0 Å². The number of para-hydroxylation sites is 1. The standard InChI is InChI=1S/C13H19N3O3S/c1-3-14-20(18,19)12-7-5-4-6-10(12)15-11-8-9-16(2)13(11)17/h4-7,11,14-15H,3,8-9H2,1-2H3. The summed E-state index contributed by atoms with van der Waals surface area (Å²) >= 11 is 0. The third-order valence-corrected chi connectivity index (χ3v) is 4.87. The van der Waals surface area contributed by atoms with Crippen LogP contribution in [0.1, 0.15) is 13.3 Å². The fraction of sp³-hybridized carbons (Fsp3) is 0.462. The van der Waals surface area contributed by atoms with E-state index in [1.54, 1.807) is 37.1 Å². The van der Waals surface area contributed by atoms with Gasteiger partial charge in [0, 0.05) is 20.1 Å². The molecule has 1 atom stereocenters. The zero-order valence-corrected chi connectivity index (χ0v) is 12.4. The van der Waals surface area contributed by atoms with Gasteiger partial charge in [-0.1, -0.05) is 19.1 Å². The van der Waals surface area contributed by atoms with E-state index in [9.17, 15) is 13.2 Å². The molecule has 110 valence electrons. The molecular weight excluding hydrogens is 278 g/mol. The van der Waals surface area contributed by atoms with Crippen LogP contribution in [-0.2, 0) is 14.8 Å². The number of anilines is 1. The van der Waals surface area contributed by atoms with Crippen molar-refractivity contribution in [3.8, 4) is 0 Å². The predicted molar refractivity (Wildman–Crippen MR) is 77.0 cm³/mol. The fourth-order valence-corrected chi connectivity index (χ4v) is 3.44. The predicted octanol–water partition coefficient (Wildman–Crippen LogP) is 0.627. The number of rotatable bonds is 5. The quantitative estimate of drug-likeness (QED) is 0.835. The molecule has 2 rings (SSSR count). The number of hydrogen-bond donors (Lipinski definition) is 2. The minimum absolute atomic E-state index is 0.0133. The highest BCUT2D eigenvalue weighted by Crippen LogP contribution is 2.23. The van der Waals surface area contributed by atoms with Gasteiger partial charge in [-0.25, -0.2) is 13.1 Å². The van der Waals surface area contributed by atoms with Gasteiger partial charge in [0.1, 0.15) is 10.9 Å². The van der Waals surface area contributed by atoms with Gasteiger partial charge in [0.25, 0.3) is 0 Å². The summed E-state index contributed by atoms with van der Waals surface area (Å²) in [6, 6.07) is 6.26. The van der Waals surface area contributed by atoms with Crippen molar-refractivity contribution in [2.75, 3.05) is 25.5 Å². The van der Waals surface area contributed by atoms with Crippen LogP contribution in [0.15, 0.2) is 29.2 Å². The van der Waals surface area contributed by atoms with Crippen molar-refractivity contribution in [2.45, 2.75) is 24.3 Å². The average Bonchev–Trinajstić information content (AvgIpc) is 2.71. The summed E-state index contributed by atoms with van der Waals surface area (Å²) in [5.74, 6) is -0.0133. The van der Waals surface area contributed by atoms with Gasteiger partial charge in [0.15, 0.2) is 0 Å². The van der Waals surface area contributed by atoms with Crippen molar-refractivity contribution in [2.24, 2.45) is 0 Å². The van der Waals surface area contributed by atoms with Crippen molar-refractivity contribution in [3.05, 3.63) is 24.3 Å². The fourth-order valence-electron chi connectivity index (χ4n) is 2.23. The van der Waals surface area contributed by atoms with Crippen LogP contribution in [0, 0.1) is 0 Å². The summed E-state index contributed by atoms with van der Waals surface area (Å²) in [6.45, 7) is 2.73. The number of nitrogens with zero attached hydrogens (tertiary/aromatic N) is 1. The van der Waals surface area contributed by atoms with Gasteiger partial charge in [-0.2, -0.15) is 0 Å². The first-order chi connectivity index (χ1) is 9.45. The number of sulfonamides is 1. The third-order valence-electron chi connectivity index (χ3n) is 3.27. The lowest BCUT2D eigenvalue weighted by Crippen LogP contribution is -2.32. The van der Waals surface area contributed by atoms with E-state index in [2.05, 4.69) is 10.0 Å². The van der Waals surface area contributed by atoms with Gasteiger partial charge in [0.05, 0.1) is 5.69 Å². The molecule has 0 aliphatic carbocycles. The molecule has 1 aliphatic rings. The topological polar surface area (TPSA) is 78.5 Å². The van der Waals surface area contributed by atoms with E-state index in [4.69, 9.17) is 0 Å². The zero-order chi connectivity index (χ0) is 14.8. The van der Waals surface area contributed by atoms with Crippen LogP contribution in [0.4, 0.5) is 5.69 Å². The Bertz CT molecular complexity index is 601. The van der Waals surface area contributed by atoms with Crippen LogP contribution >= 0.6 is 0 Å². The van der Waals surface area contributed by atoms with Gasteiger partial charge in [0.2, 0.25) is 15.9 Å². The van der Waals surface area contributed by atoms with Crippen LogP contribution in [0.25, 0.3) is 0 Å². The number of benzene rings is 1. The lowest BCUT2D eigenvalue weighted by molar-refractivity contribution is -0.127. The van der Waals surface area contributed by atoms with Gasteiger partial charge in [-0.05, 0) is 18.6 Å². The van der Waals surface area contributed by atoms with Crippen molar-refractivity contribution in [3.63, 3.8) is 0 Å². The first kappa shape index (κ1) is 14.8. The lowest BCUT2D eigenvalue weighted by Gasteiger charge is -2.16. The van der Waals surface area contributed by atoms with Gasteiger partial charge in [-0.3, -0.25) is 4.79 Å². The van der Waals surface area contributed by atoms with E-state index in [1.807, 2.05) is 0 Å². The van der Waals surface area contributed by atoms with Crippen LogP contribution in [0.5, 0.6) is 0 Å². The molecule has 0 spiro atoms. The minimum Gasteiger partial charge on any atom is -0.373 e. The molecule has 20 heavy (non-hydrogen) atoms.